The zero-order valence-corrected chi connectivity index (χ0v) is 10.9. The second kappa shape index (κ2) is 5.64. The van der Waals surface area contributed by atoms with Crippen LogP contribution in [0.15, 0.2) is 23.1 Å². The number of carboxylic acid groups (broad SMARTS) is 1. The average molecular weight is 296 g/mol. The molecule has 0 aromatic heterocycles. The summed E-state index contributed by atoms with van der Waals surface area (Å²) in [5, 5.41) is 8.60. The number of carbonyl (C=O) groups is 1. The predicted octanol–water partition coefficient (Wildman–Crippen LogP) is 1.62. The van der Waals surface area contributed by atoms with Crippen molar-refractivity contribution in [3.05, 3.63) is 29.0 Å². The molecule has 0 aliphatic heterocycles. The molecule has 0 spiro atoms. The van der Waals surface area contributed by atoms with E-state index >= 15 is 0 Å². The monoisotopic (exact) mass is 295 g/mol. The molecular weight excluding hydrogens is 285 g/mol. The van der Waals surface area contributed by atoms with E-state index in [9.17, 15) is 17.6 Å². The Morgan fingerprint density at radius 1 is 1.56 bits per heavy atom. The van der Waals surface area contributed by atoms with Crippen molar-refractivity contribution in [2.24, 2.45) is 0 Å². The fourth-order valence-corrected chi connectivity index (χ4v) is 3.03. The van der Waals surface area contributed by atoms with E-state index in [1.54, 1.807) is 0 Å². The minimum absolute atomic E-state index is 0.0570. The molecule has 5 nitrogen and oxygen atoms in total. The van der Waals surface area contributed by atoms with Crippen LogP contribution in [0.2, 0.25) is 5.02 Å². The summed E-state index contributed by atoms with van der Waals surface area (Å²) in [6.07, 6.45) is 0.0570. The van der Waals surface area contributed by atoms with E-state index in [4.69, 9.17) is 16.7 Å². The first kappa shape index (κ1) is 14.9. The molecule has 0 aliphatic carbocycles. The van der Waals surface area contributed by atoms with Crippen molar-refractivity contribution >= 4 is 27.6 Å². The first-order chi connectivity index (χ1) is 8.27. The van der Waals surface area contributed by atoms with Gasteiger partial charge in [0, 0.05) is 0 Å². The molecule has 1 aromatic carbocycles. The van der Waals surface area contributed by atoms with Crippen LogP contribution in [0, 0.1) is 5.82 Å². The lowest BCUT2D eigenvalue weighted by atomic mass is 10.2. The summed E-state index contributed by atoms with van der Waals surface area (Å²) in [6, 6.07) is 1.55. The fraction of sp³-hybridized carbons (Fsp3) is 0.300. The molecule has 8 heteroatoms. The molecule has 1 atom stereocenters. The lowest BCUT2D eigenvalue weighted by Gasteiger charge is -2.13. The molecule has 18 heavy (non-hydrogen) atoms. The predicted molar refractivity (Wildman–Crippen MR) is 63.4 cm³/mol. The Bertz CT molecular complexity index is 561. The van der Waals surface area contributed by atoms with Gasteiger partial charge in [-0.1, -0.05) is 18.5 Å². The second-order valence-corrected chi connectivity index (χ2v) is 5.58. The molecule has 1 rings (SSSR count). The van der Waals surface area contributed by atoms with Crippen LogP contribution in [0.3, 0.4) is 0 Å². The van der Waals surface area contributed by atoms with Crippen molar-refractivity contribution < 1.29 is 22.7 Å². The zero-order valence-electron chi connectivity index (χ0n) is 9.35. The molecule has 0 heterocycles. The number of sulfonamides is 1. The number of halogens is 2. The number of rotatable bonds is 5. The Morgan fingerprint density at radius 2 is 2.17 bits per heavy atom. The summed E-state index contributed by atoms with van der Waals surface area (Å²) < 4.78 is 38.6. The van der Waals surface area contributed by atoms with Gasteiger partial charge in [0.25, 0.3) is 0 Å². The molecule has 100 valence electrons. The third-order valence-electron chi connectivity index (χ3n) is 2.19. The minimum Gasteiger partial charge on any atom is -0.480 e. The first-order valence-electron chi connectivity index (χ1n) is 4.98. The fourth-order valence-electron chi connectivity index (χ4n) is 1.24. The molecule has 0 radical (unpaired) electrons. The summed E-state index contributed by atoms with van der Waals surface area (Å²) >= 11 is 5.65. The normalized spacial score (nSPS) is 13.3. The maximum atomic E-state index is 13.0. The van der Waals surface area contributed by atoms with E-state index in [2.05, 4.69) is 0 Å². The van der Waals surface area contributed by atoms with Gasteiger partial charge in [0.2, 0.25) is 10.0 Å². The Balaban J connectivity index is 3.14. The van der Waals surface area contributed by atoms with Gasteiger partial charge < -0.3 is 5.11 Å². The van der Waals surface area contributed by atoms with E-state index in [1.807, 2.05) is 4.72 Å². The highest BCUT2D eigenvalue weighted by Gasteiger charge is 2.25. The molecule has 0 fully saturated rings. The van der Waals surface area contributed by atoms with Crippen molar-refractivity contribution in [3.63, 3.8) is 0 Å². The summed E-state index contributed by atoms with van der Waals surface area (Å²) in [6.45, 7) is 1.51. The van der Waals surface area contributed by atoms with E-state index in [1.165, 1.54) is 6.92 Å². The largest absolute Gasteiger partial charge is 0.480 e. The summed E-state index contributed by atoms with van der Waals surface area (Å²) in [5.74, 6) is -2.09. The number of carboxylic acids is 1. The number of hydrogen-bond donors (Lipinski definition) is 2. The van der Waals surface area contributed by atoms with Crippen LogP contribution in [-0.2, 0) is 14.8 Å². The highest BCUT2D eigenvalue weighted by atomic mass is 35.5. The molecule has 1 unspecified atom stereocenters. The lowest BCUT2D eigenvalue weighted by Crippen LogP contribution is -2.40. The third-order valence-corrected chi connectivity index (χ3v) is 4.14. The van der Waals surface area contributed by atoms with Gasteiger partial charge in [0.15, 0.2) is 0 Å². The standard InChI is InChI=1S/C10H11ClFNO4S/c1-2-8(10(14)15)13-18(16,17)9-5-6(12)3-4-7(9)11/h3-5,8,13H,2H2,1H3,(H,14,15). The van der Waals surface area contributed by atoms with Crippen molar-refractivity contribution in [2.75, 3.05) is 0 Å². The van der Waals surface area contributed by atoms with Gasteiger partial charge in [-0.2, -0.15) is 4.72 Å². The van der Waals surface area contributed by atoms with Gasteiger partial charge in [-0.05, 0) is 24.6 Å². The highest BCUT2D eigenvalue weighted by Crippen LogP contribution is 2.22. The van der Waals surface area contributed by atoms with Crippen LogP contribution in [0.25, 0.3) is 0 Å². The quantitative estimate of drug-likeness (QED) is 0.864. The van der Waals surface area contributed by atoms with Crippen LogP contribution >= 0.6 is 11.6 Å². The van der Waals surface area contributed by atoms with Gasteiger partial charge in [-0.3, -0.25) is 4.79 Å². The van der Waals surface area contributed by atoms with Crippen molar-refractivity contribution in [1.82, 2.24) is 4.72 Å². The molecule has 0 saturated carbocycles. The average Bonchev–Trinajstić information content (AvgIpc) is 2.28. The molecule has 0 amide bonds. The van der Waals surface area contributed by atoms with Crippen LogP contribution < -0.4 is 4.72 Å². The topological polar surface area (TPSA) is 83.5 Å². The Labute approximate surface area is 109 Å². The molecule has 0 bridgehead atoms. The number of benzene rings is 1. The lowest BCUT2D eigenvalue weighted by molar-refractivity contribution is -0.139. The second-order valence-electron chi connectivity index (χ2n) is 3.50. The Morgan fingerprint density at radius 3 is 2.67 bits per heavy atom. The van der Waals surface area contributed by atoms with Crippen LogP contribution in [-0.4, -0.2) is 25.5 Å². The van der Waals surface area contributed by atoms with Crippen LogP contribution in [0.5, 0.6) is 0 Å². The highest BCUT2D eigenvalue weighted by molar-refractivity contribution is 7.89. The SMILES string of the molecule is CCC(NS(=O)(=O)c1cc(F)ccc1Cl)C(=O)O. The van der Waals surface area contributed by atoms with Crippen molar-refractivity contribution in [1.29, 1.82) is 0 Å². The summed E-state index contributed by atoms with van der Waals surface area (Å²) in [7, 11) is -4.17. The van der Waals surface area contributed by atoms with Crippen LogP contribution in [0.4, 0.5) is 4.39 Å². The molecule has 0 aliphatic rings. The zero-order chi connectivity index (χ0) is 13.9. The van der Waals surface area contributed by atoms with Gasteiger partial charge in [0.1, 0.15) is 16.8 Å². The van der Waals surface area contributed by atoms with Crippen LogP contribution in [0.1, 0.15) is 13.3 Å². The van der Waals surface area contributed by atoms with E-state index in [0.717, 1.165) is 18.2 Å². The van der Waals surface area contributed by atoms with Gasteiger partial charge in [-0.25, -0.2) is 12.8 Å². The first-order valence-corrected chi connectivity index (χ1v) is 6.84. The third kappa shape index (κ3) is 3.41. The maximum absolute atomic E-state index is 13.0. The molecular formula is C10H11ClFNO4S. The number of nitrogens with one attached hydrogen (secondary N) is 1. The molecule has 2 N–H and O–H groups in total. The van der Waals surface area contributed by atoms with Crippen molar-refractivity contribution in [3.8, 4) is 0 Å². The number of aliphatic carboxylic acids is 1. The Kier molecular flexibility index (Phi) is 4.66. The summed E-state index contributed by atoms with van der Waals surface area (Å²) in [5.41, 5.74) is 0. The van der Waals surface area contributed by atoms with E-state index < -0.39 is 32.7 Å². The van der Waals surface area contributed by atoms with E-state index in [-0.39, 0.29) is 11.4 Å². The minimum atomic E-state index is -4.17. The summed E-state index contributed by atoms with van der Waals surface area (Å²) in [4.78, 5) is 10.3. The van der Waals surface area contributed by atoms with Gasteiger partial charge in [0.05, 0.1) is 5.02 Å². The smallest absolute Gasteiger partial charge is 0.321 e. The molecule has 0 saturated heterocycles. The Hall–Kier alpha value is -1.18. The van der Waals surface area contributed by atoms with Gasteiger partial charge >= 0.3 is 5.97 Å². The maximum Gasteiger partial charge on any atom is 0.321 e. The van der Waals surface area contributed by atoms with Gasteiger partial charge in [-0.15, -0.1) is 0 Å². The van der Waals surface area contributed by atoms with E-state index in [0.29, 0.717) is 0 Å². The van der Waals surface area contributed by atoms with Crippen molar-refractivity contribution in [2.45, 2.75) is 24.3 Å². The molecule has 1 aromatic rings. The number of hydrogen-bond acceptors (Lipinski definition) is 3.